The average Bonchev–Trinajstić information content (AvgIpc) is 2.41. The Balaban J connectivity index is 2.37. The Labute approximate surface area is 129 Å². The van der Waals surface area contributed by atoms with E-state index >= 15 is 0 Å². The minimum Gasteiger partial charge on any atom is -0.397 e. The first kappa shape index (κ1) is 14.0. The number of rotatable bonds is 2. The standard InChI is InChI=1S/C13H8BrCl2N3/c14-8-2-4-11(13(16)12(8)15)19-10-3-1-7(6-17)5-9(10)18/h1-5,19H,18H2. The van der Waals surface area contributed by atoms with Crippen LogP contribution in [0.3, 0.4) is 0 Å². The van der Waals surface area contributed by atoms with Gasteiger partial charge in [-0.25, -0.2) is 0 Å². The lowest BCUT2D eigenvalue weighted by Crippen LogP contribution is -1.97. The van der Waals surface area contributed by atoms with E-state index in [1.807, 2.05) is 6.07 Å². The van der Waals surface area contributed by atoms with Gasteiger partial charge in [-0.2, -0.15) is 5.26 Å². The molecule has 6 heteroatoms. The van der Waals surface area contributed by atoms with Crippen LogP contribution in [0.4, 0.5) is 17.1 Å². The van der Waals surface area contributed by atoms with Gasteiger partial charge < -0.3 is 11.1 Å². The maximum Gasteiger partial charge on any atom is 0.0992 e. The molecule has 19 heavy (non-hydrogen) atoms. The van der Waals surface area contributed by atoms with Crippen LogP contribution in [0.2, 0.25) is 10.0 Å². The van der Waals surface area contributed by atoms with Crippen molar-refractivity contribution in [1.82, 2.24) is 0 Å². The van der Waals surface area contributed by atoms with Crippen LogP contribution in [-0.4, -0.2) is 0 Å². The third kappa shape index (κ3) is 2.95. The Kier molecular flexibility index (Phi) is 4.20. The molecule has 0 saturated carbocycles. The van der Waals surface area contributed by atoms with Crippen LogP contribution in [-0.2, 0) is 0 Å². The molecule has 0 radical (unpaired) electrons. The molecule has 96 valence electrons. The number of nitrogen functional groups attached to an aromatic ring is 1. The van der Waals surface area contributed by atoms with Gasteiger partial charge in [0.15, 0.2) is 0 Å². The molecule has 2 rings (SSSR count). The van der Waals surface area contributed by atoms with Gasteiger partial charge in [-0.15, -0.1) is 0 Å². The van der Waals surface area contributed by atoms with Gasteiger partial charge in [-0.3, -0.25) is 0 Å². The van der Waals surface area contributed by atoms with E-state index in [0.29, 0.717) is 32.7 Å². The number of halogens is 3. The van der Waals surface area contributed by atoms with E-state index < -0.39 is 0 Å². The van der Waals surface area contributed by atoms with Crippen LogP contribution >= 0.6 is 39.1 Å². The molecular weight excluding hydrogens is 349 g/mol. The number of nitrogens with zero attached hydrogens (tertiary/aromatic N) is 1. The van der Waals surface area contributed by atoms with E-state index in [1.54, 1.807) is 30.3 Å². The summed E-state index contributed by atoms with van der Waals surface area (Å²) in [6.07, 6.45) is 0. The Morgan fingerprint density at radius 3 is 2.42 bits per heavy atom. The predicted molar refractivity (Wildman–Crippen MR) is 83.0 cm³/mol. The molecule has 2 aromatic carbocycles. The van der Waals surface area contributed by atoms with E-state index in [4.69, 9.17) is 34.2 Å². The number of nitrogens with one attached hydrogen (secondary N) is 1. The molecule has 0 spiro atoms. The van der Waals surface area contributed by atoms with Crippen molar-refractivity contribution in [1.29, 1.82) is 5.26 Å². The van der Waals surface area contributed by atoms with E-state index in [9.17, 15) is 0 Å². The highest BCUT2D eigenvalue weighted by Crippen LogP contribution is 2.37. The van der Waals surface area contributed by atoms with Crippen LogP contribution in [0.25, 0.3) is 0 Å². The van der Waals surface area contributed by atoms with Crippen LogP contribution in [0.1, 0.15) is 5.56 Å². The van der Waals surface area contributed by atoms with Crippen molar-refractivity contribution in [2.75, 3.05) is 11.1 Å². The molecule has 0 unspecified atom stereocenters. The summed E-state index contributed by atoms with van der Waals surface area (Å²) in [5, 5.41) is 12.7. The summed E-state index contributed by atoms with van der Waals surface area (Å²) in [5.41, 5.74) is 8.14. The topological polar surface area (TPSA) is 61.8 Å². The van der Waals surface area contributed by atoms with Crippen molar-refractivity contribution in [3.05, 3.63) is 50.4 Å². The van der Waals surface area contributed by atoms with Crippen molar-refractivity contribution in [3.63, 3.8) is 0 Å². The first-order valence-corrected chi connectivity index (χ1v) is 6.78. The molecule has 0 amide bonds. The summed E-state index contributed by atoms with van der Waals surface area (Å²) in [4.78, 5) is 0. The smallest absolute Gasteiger partial charge is 0.0992 e. The summed E-state index contributed by atoms with van der Waals surface area (Å²) < 4.78 is 0.720. The minimum absolute atomic E-state index is 0.403. The lowest BCUT2D eigenvalue weighted by Gasteiger charge is -2.12. The van der Waals surface area contributed by atoms with Crippen molar-refractivity contribution in [2.24, 2.45) is 0 Å². The van der Waals surface area contributed by atoms with Gasteiger partial charge in [-0.05, 0) is 46.3 Å². The second-order valence-electron chi connectivity index (χ2n) is 3.76. The molecule has 0 atom stereocenters. The fourth-order valence-corrected chi connectivity index (χ4v) is 2.34. The quantitative estimate of drug-likeness (QED) is 0.590. The highest BCUT2D eigenvalue weighted by Gasteiger charge is 2.10. The molecule has 0 aromatic heterocycles. The Morgan fingerprint density at radius 2 is 1.79 bits per heavy atom. The predicted octanol–water partition coefficient (Wildman–Crippen LogP) is 4.95. The lowest BCUT2D eigenvalue weighted by molar-refractivity contribution is 1.47. The monoisotopic (exact) mass is 355 g/mol. The van der Waals surface area contributed by atoms with E-state index in [2.05, 4.69) is 21.2 Å². The van der Waals surface area contributed by atoms with Crippen molar-refractivity contribution in [2.45, 2.75) is 0 Å². The third-order valence-corrected chi connectivity index (χ3v) is 4.26. The third-order valence-electron chi connectivity index (χ3n) is 2.49. The fraction of sp³-hybridized carbons (Fsp3) is 0. The second kappa shape index (κ2) is 5.70. The van der Waals surface area contributed by atoms with Crippen LogP contribution < -0.4 is 11.1 Å². The summed E-state index contributed by atoms with van der Waals surface area (Å²) in [5.74, 6) is 0. The van der Waals surface area contributed by atoms with Crippen LogP contribution in [0.15, 0.2) is 34.8 Å². The molecule has 3 nitrogen and oxygen atoms in total. The number of hydrogen-bond donors (Lipinski definition) is 2. The normalized spacial score (nSPS) is 10.0. The first-order chi connectivity index (χ1) is 9.02. The summed E-state index contributed by atoms with van der Waals surface area (Å²) in [6, 6.07) is 10.6. The van der Waals surface area contributed by atoms with Gasteiger partial charge in [0.2, 0.25) is 0 Å². The number of anilines is 3. The molecule has 0 saturated heterocycles. The van der Waals surface area contributed by atoms with Crippen molar-refractivity contribution >= 4 is 56.2 Å². The Hall–Kier alpha value is -1.41. The zero-order chi connectivity index (χ0) is 14.0. The molecule has 0 bridgehead atoms. The van der Waals surface area contributed by atoms with E-state index in [0.717, 1.165) is 4.47 Å². The molecule has 0 fully saturated rings. The summed E-state index contributed by atoms with van der Waals surface area (Å²) >= 11 is 15.5. The molecule has 2 aromatic rings. The minimum atomic E-state index is 0.403. The van der Waals surface area contributed by atoms with Gasteiger partial charge in [0.1, 0.15) is 0 Å². The lowest BCUT2D eigenvalue weighted by atomic mass is 10.2. The zero-order valence-corrected chi connectivity index (χ0v) is 12.6. The molecule has 0 aliphatic carbocycles. The number of hydrogen-bond acceptors (Lipinski definition) is 3. The van der Waals surface area contributed by atoms with E-state index in [-0.39, 0.29) is 0 Å². The average molecular weight is 357 g/mol. The second-order valence-corrected chi connectivity index (χ2v) is 5.37. The number of nitrogens with two attached hydrogens (primary N) is 1. The maximum absolute atomic E-state index is 8.78. The molecule has 0 heterocycles. The highest BCUT2D eigenvalue weighted by atomic mass is 79.9. The molecule has 0 aliphatic heterocycles. The van der Waals surface area contributed by atoms with E-state index in [1.165, 1.54) is 0 Å². The van der Waals surface area contributed by atoms with Crippen LogP contribution in [0, 0.1) is 11.3 Å². The Morgan fingerprint density at radius 1 is 1.11 bits per heavy atom. The summed E-state index contributed by atoms with van der Waals surface area (Å²) in [6.45, 7) is 0. The van der Waals surface area contributed by atoms with Gasteiger partial charge in [0.25, 0.3) is 0 Å². The highest BCUT2D eigenvalue weighted by molar-refractivity contribution is 9.10. The Bertz CT molecular complexity index is 680. The first-order valence-electron chi connectivity index (χ1n) is 5.23. The fourth-order valence-electron chi connectivity index (χ4n) is 1.51. The van der Waals surface area contributed by atoms with Gasteiger partial charge in [-0.1, -0.05) is 23.2 Å². The molecular formula is C13H8BrCl2N3. The summed E-state index contributed by atoms with van der Waals surface area (Å²) in [7, 11) is 0. The van der Waals surface area contributed by atoms with Gasteiger partial charge in [0.05, 0.1) is 38.7 Å². The number of benzene rings is 2. The molecule has 3 N–H and O–H groups in total. The van der Waals surface area contributed by atoms with Crippen molar-refractivity contribution in [3.8, 4) is 6.07 Å². The number of nitriles is 1. The maximum atomic E-state index is 8.78. The largest absolute Gasteiger partial charge is 0.397 e. The van der Waals surface area contributed by atoms with Crippen LogP contribution in [0.5, 0.6) is 0 Å². The van der Waals surface area contributed by atoms with Gasteiger partial charge >= 0.3 is 0 Å². The molecule has 0 aliphatic rings. The van der Waals surface area contributed by atoms with Gasteiger partial charge in [0, 0.05) is 4.47 Å². The van der Waals surface area contributed by atoms with Crippen molar-refractivity contribution < 1.29 is 0 Å². The zero-order valence-electron chi connectivity index (χ0n) is 9.55. The SMILES string of the molecule is N#Cc1ccc(Nc2ccc(Br)c(Cl)c2Cl)c(N)c1.